The van der Waals surface area contributed by atoms with E-state index in [9.17, 15) is 29.2 Å². The summed E-state index contributed by atoms with van der Waals surface area (Å²) in [5.41, 5.74) is 0. The summed E-state index contributed by atoms with van der Waals surface area (Å²) < 4.78 is 26.2. The topological polar surface area (TPSA) is 177 Å². The number of carbonyl (C=O) groups is 3. The fourth-order valence-electron chi connectivity index (χ4n) is 6.05. The van der Waals surface area contributed by atoms with Gasteiger partial charge in [0.1, 0.15) is 12.4 Å². The Morgan fingerprint density at radius 3 is 2.06 bits per heavy atom. The largest absolute Gasteiger partial charge is 0.469 e. The molecule has 0 bridgehead atoms. The molecule has 0 spiro atoms. The molecule has 280 valence electrons. The van der Waals surface area contributed by atoms with E-state index in [-0.39, 0.29) is 43.5 Å². The van der Waals surface area contributed by atoms with Gasteiger partial charge in [0.2, 0.25) is 0 Å². The van der Waals surface area contributed by atoms with Crippen LogP contribution in [0.5, 0.6) is 0 Å². The SMILES string of the molecule is CCCCC[C@H](O)/C=C/[C@H]1C(=O)C[C@H](O)[C@@H]1CCCCCCC(=O)OC[C@H](COP(=O)(O)O)OC(=O)CCCCCCCCCC(C)C. The minimum Gasteiger partial charge on any atom is -0.462 e. The molecule has 4 N–H and O–H groups in total. The molecule has 1 aliphatic rings. The van der Waals surface area contributed by atoms with Crippen molar-refractivity contribution in [2.24, 2.45) is 17.8 Å². The Bertz CT molecular complexity index is 964. The van der Waals surface area contributed by atoms with Crippen LogP contribution in [0.3, 0.4) is 0 Å². The maximum atomic E-state index is 12.4. The molecule has 1 fully saturated rings. The van der Waals surface area contributed by atoms with Crippen molar-refractivity contribution in [3.8, 4) is 0 Å². The van der Waals surface area contributed by atoms with Crippen LogP contribution >= 0.6 is 7.82 Å². The molecule has 1 rings (SSSR count). The molecule has 11 nitrogen and oxygen atoms in total. The maximum absolute atomic E-state index is 12.4. The molecule has 0 aromatic rings. The van der Waals surface area contributed by atoms with Gasteiger partial charge in [-0.25, -0.2) is 4.57 Å². The first-order valence-corrected chi connectivity index (χ1v) is 20.0. The summed E-state index contributed by atoms with van der Waals surface area (Å²) in [6, 6.07) is 0. The van der Waals surface area contributed by atoms with Gasteiger partial charge in [0.25, 0.3) is 0 Å². The van der Waals surface area contributed by atoms with Crippen molar-refractivity contribution in [1.29, 1.82) is 0 Å². The Kier molecular flexibility index (Phi) is 24.3. The van der Waals surface area contributed by atoms with Crippen molar-refractivity contribution in [3.05, 3.63) is 12.2 Å². The predicted octanol–water partition coefficient (Wildman–Crippen LogP) is 7.12. The molecule has 0 aromatic heterocycles. The number of ketones is 1. The van der Waals surface area contributed by atoms with Gasteiger partial charge in [-0.05, 0) is 37.5 Å². The zero-order valence-electron chi connectivity index (χ0n) is 29.8. The molecular weight excluding hydrogens is 639 g/mol. The van der Waals surface area contributed by atoms with E-state index in [4.69, 9.17) is 19.3 Å². The molecule has 5 atom stereocenters. The summed E-state index contributed by atoms with van der Waals surface area (Å²) in [5, 5.41) is 20.6. The van der Waals surface area contributed by atoms with Crippen molar-refractivity contribution < 1.29 is 52.9 Å². The molecule has 0 aliphatic heterocycles. The van der Waals surface area contributed by atoms with Crippen LogP contribution < -0.4 is 0 Å². The molecule has 48 heavy (non-hydrogen) atoms. The van der Waals surface area contributed by atoms with Gasteiger partial charge in [-0.3, -0.25) is 18.9 Å². The second-order valence-corrected chi connectivity index (χ2v) is 15.1. The number of aliphatic hydroxyl groups is 2. The molecular formula is C36H65O11P. The Morgan fingerprint density at radius 1 is 0.854 bits per heavy atom. The van der Waals surface area contributed by atoms with Gasteiger partial charge in [-0.1, -0.05) is 116 Å². The molecule has 0 aromatic carbocycles. The Balaban J connectivity index is 2.33. The monoisotopic (exact) mass is 704 g/mol. The minimum atomic E-state index is -4.80. The smallest absolute Gasteiger partial charge is 0.462 e. The van der Waals surface area contributed by atoms with E-state index in [1.807, 2.05) is 0 Å². The van der Waals surface area contributed by atoms with Crippen LogP contribution in [-0.2, 0) is 32.9 Å². The third-order valence-corrected chi connectivity index (χ3v) is 9.35. The van der Waals surface area contributed by atoms with Crippen molar-refractivity contribution in [3.63, 3.8) is 0 Å². The van der Waals surface area contributed by atoms with Gasteiger partial charge >= 0.3 is 19.8 Å². The molecule has 0 heterocycles. The first kappa shape index (κ1) is 44.4. The number of phosphoric ester groups is 1. The highest BCUT2D eigenvalue weighted by Gasteiger charge is 2.39. The summed E-state index contributed by atoms with van der Waals surface area (Å²) in [7, 11) is -4.80. The van der Waals surface area contributed by atoms with Crippen molar-refractivity contribution >= 4 is 25.5 Å². The first-order chi connectivity index (χ1) is 22.8. The number of allylic oxidation sites excluding steroid dienone is 1. The quantitative estimate of drug-likeness (QED) is 0.0270. The third-order valence-electron chi connectivity index (χ3n) is 8.87. The zero-order valence-corrected chi connectivity index (χ0v) is 30.7. The molecule has 12 heteroatoms. The summed E-state index contributed by atoms with van der Waals surface area (Å²) in [5.74, 6) is -0.880. The fraction of sp³-hybridized carbons (Fsp3) is 0.861. The third kappa shape index (κ3) is 22.9. The van der Waals surface area contributed by atoms with E-state index in [1.54, 1.807) is 12.2 Å². The van der Waals surface area contributed by atoms with Gasteiger partial charge in [-0.2, -0.15) is 0 Å². The van der Waals surface area contributed by atoms with Crippen LogP contribution in [0.1, 0.15) is 149 Å². The lowest BCUT2D eigenvalue weighted by Crippen LogP contribution is -2.29. The number of Topliss-reactive ketones (excluding diaryl/α,β-unsaturated/α-hetero) is 1. The van der Waals surface area contributed by atoms with Crippen LogP contribution in [0.2, 0.25) is 0 Å². The van der Waals surface area contributed by atoms with E-state index in [0.29, 0.717) is 25.7 Å². The Labute approximate surface area is 288 Å². The number of phosphoric acid groups is 1. The number of ether oxygens (including phenoxy) is 2. The van der Waals surface area contributed by atoms with Gasteiger partial charge in [-0.15, -0.1) is 0 Å². The van der Waals surface area contributed by atoms with Crippen LogP contribution in [0, 0.1) is 17.8 Å². The number of esters is 2. The number of unbranched alkanes of at least 4 members (excludes halogenated alkanes) is 11. The highest BCUT2D eigenvalue weighted by atomic mass is 31.2. The number of carbonyl (C=O) groups excluding carboxylic acids is 3. The number of hydrogen-bond donors (Lipinski definition) is 4. The second-order valence-electron chi connectivity index (χ2n) is 13.8. The zero-order chi connectivity index (χ0) is 35.8. The van der Waals surface area contributed by atoms with Gasteiger partial charge < -0.3 is 29.5 Å². The van der Waals surface area contributed by atoms with E-state index < -0.39 is 44.7 Å². The number of rotatable bonds is 29. The van der Waals surface area contributed by atoms with Crippen LogP contribution in [0.15, 0.2) is 12.2 Å². The normalized spacial score (nSPS) is 19.7. The van der Waals surface area contributed by atoms with Gasteiger partial charge in [0.15, 0.2) is 6.10 Å². The molecule has 0 radical (unpaired) electrons. The summed E-state index contributed by atoms with van der Waals surface area (Å²) in [6.45, 7) is 5.60. The van der Waals surface area contributed by atoms with Crippen LogP contribution in [0.25, 0.3) is 0 Å². The maximum Gasteiger partial charge on any atom is 0.469 e. The molecule has 1 saturated carbocycles. The lowest BCUT2D eigenvalue weighted by atomic mass is 9.88. The second kappa shape index (κ2) is 26.2. The highest BCUT2D eigenvalue weighted by Crippen LogP contribution is 2.36. The molecule has 0 amide bonds. The summed E-state index contributed by atoms with van der Waals surface area (Å²) >= 11 is 0. The lowest BCUT2D eigenvalue weighted by molar-refractivity contribution is -0.161. The van der Waals surface area contributed by atoms with E-state index in [2.05, 4.69) is 25.3 Å². The van der Waals surface area contributed by atoms with Crippen molar-refractivity contribution in [2.45, 2.75) is 167 Å². The predicted molar refractivity (Wildman–Crippen MR) is 185 cm³/mol. The van der Waals surface area contributed by atoms with Crippen molar-refractivity contribution in [1.82, 2.24) is 0 Å². The average molecular weight is 705 g/mol. The Morgan fingerprint density at radius 2 is 1.44 bits per heavy atom. The minimum absolute atomic E-state index is 0.000634. The van der Waals surface area contributed by atoms with Gasteiger partial charge in [0, 0.05) is 25.2 Å². The van der Waals surface area contributed by atoms with Crippen LogP contribution in [-0.4, -0.2) is 69.2 Å². The van der Waals surface area contributed by atoms with Crippen molar-refractivity contribution in [2.75, 3.05) is 13.2 Å². The van der Waals surface area contributed by atoms with E-state index in [0.717, 1.165) is 63.7 Å². The number of hydrogen-bond acceptors (Lipinski definition) is 9. The summed E-state index contributed by atoms with van der Waals surface area (Å²) in [6.07, 6.45) is 17.3. The lowest BCUT2D eigenvalue weighted by Gasteiger charge is -2.19. The molecule has 0 unspecified atom stereocenters. The number of aliphatic hydroxyl groups excluding tert-OH is 2. The molecule has 1 aliphatic carbocycles. The molecule has 0 saturated heterocycles. The Hall–Kier alpha value is -1.62. The van der Waals surface area contributed by atoms with Gasteiger partial charge in [0.05, 0.1) is 18.8 Å². The fourth-order valence-corrected chi connectivity index (χ4v) is 6.41. The average Bonchev–Trinajstić information content (AvgIpc) is 3.28. The standard InChI is InChI=1S/C36H65O11P/c1-4-5-13-19-29(37)23-24-32-31(33(38)25-34(32)39)20-15-11-12-16-21-35(40)45-26-30(27-46-48(42,43)44)47-36(41)22-17-10-8-6-7-9-14-18-28(2)3/h23-24,28-33,37-38H,4-22,25-27H2,1-3H3,(H2,42,43,44)/b24-23+/t29-,30+,31+,32+,33-/m0/s1. The van der Waals surface area contributed by atoms with Crippen LogP contribution in [0.4, 0.5) is 0 Å². The van der Waals surface area contributed by atoms with E-state index >= 15 is 0 Å². The highest BCUT2D eigenvalue weighted by molar-refractivity contribution is 7.46. The first-order valence-electron chi connectivity index (χ1n) is 18.4. The van der Waals surface area contributed by atoms with E-state index in [1.165, 1.54) is 25.7 Å². The summed E-state index contributed by atoms with van der Waals surface area (Å²) in [4.78, 5) is 55.2.